The molecule has 128 valence electrons. The van der Waals surface area contributed by atoms with E-state index in [1.807, 2.05) is 85.8 Å². The largest absolute Gasteiger partial charge is 0.271 e. The summed E-state index contributed by atoms with van der Waals surface area (Å²) in [6, 6.07) is 29.7. The third-order valence-electron chi connectivity index (χ3n) is 5.00. The molecule has 26 heavy (non-hydrogen) atoms. The van der Waals surface area contributed by atoms with Crippen molar-refractivity contribution in [1.29, 1.82) is 0 Å². The van der Waals surface area contributed by atoms with E-state index in [-0.39, 0.29) is 5.91 Å². The molecule has 0 saturated heterocycles. The molecule has 3 aromatic rings. The highest BCUT2D eigenvalue weighted by atomic mass is 16.2. The van der Waals surface area contributed by atoms with Crippen LogP contribution in [0.25, 0.3) is 0 Å². The van der Waals surface area contributed by atoms with Gasteiger partial charge in [-0.25, -0.2) is 0 Å². The van der Waals surface area contributed by atoms with Gasteiger partial charge in [0.05, 0.1) is 11.4 Å². The van der Waals surface area contributed by atoms with Crippen LogP contribution in [-0.2, 0) is 16.6 Å². The van der Waals surface area contributed by atoms with Crippen LogP contribution >= 0.6 is 0 Å². The van der Waals surface area contributed by atoms with E-state index in [2.05, 4.69) is 17.2 Å². The molecule has 3 nitrogen and oxygen atoms in total. The topological polar surface area (TPSA) is 32.7 Å². The summed E-state index contributed by atoms with van der Waals surface area (Å²) in [5.41, 5.74) is 2.94. The molecular formula is C23H20N2O. The molecule has 1 heterocycles. The number of nitrogens with zero attached hydrogens (tertiary/aromatic N) is 2. The number of hydrogen-bond donors (Lipinski definition) is 0. The summed E-state index contributed by atoms with van der Waals surface area (Å²) in [6.45, 7) is 1.96. The normalized spacial score (nSPS) is 19.5. The molecule has 0 fully saturated rings. The number of para-hydroxylation sites is 1. The fourth-order valence-corrected chi connectivity index (χ4v) is 3.62. The van der Waals surface area contributed by atoms with E-state index in [0.717, 1.165) is 22.5 Å². The second kappa shape index (κ2) is 6.60. The Balaban J connectivity index is 1.84. The lowest BCUT2D eigenvalue weighted by Gasteiger charge is -2.29. The van der Waals surface area contributed by atoms with Crippen LogP contribution in [-0.4, -0.2) is 11.6 Å². The molecule has 3 heteroatoms. The Hall–Kier alpha value is -3.20. The van der Waals surface area contributed by atoms with Gasteiger partial charge in [0.2, 0.25) is 0 Å². The average molecular weight is 340 g/mol. The number of amides is 1. The minimum absolute atomic E-state index is 0.00347. The minimum Gasteiger partial charge on any atom is -0.271 e. The number of carbonyl (C=O) groups is 1. The zero-order valence-corrected chi connectivity index (χ0v) is 14.7. The van der Waals surface area contributed by atoms with Crippen LogP contribution in [0.4, 0.5) is 5.69 Å². The van der Waals surface area contributed by atoms with Gasteiger partial charge in [0.25, 0.3) is 5.91 Å². The van der Waals surface area contributed by atoms with Crippen molar-refractivity contribution < 1.29 is 4.79 Å². The van der Waals surface area contributed by atoms with E-state index in [4.69, 9.17) is 0 Å². The van der Waals surface area contributed by atoms with E-state index >= 15 is 0 Å². The molecule has 0 spiro atoms. The lowest BCUT2D eigenvalue weighted by atomic mass is 9.72. The molecule has 1 aliphatic rings. The van der Waals surface area contributed by atoms with Gasteiger partial charge >= 0.3 is 0 Å². The number of benzene rings is 3. The van der Waals surface area contributed by atoms with Crippen molar-refractivity contribution in [3.8, 4) is 0 Å². The molecule has 4 rings (SSSR count). The van der Waals surface area contributed by atoms with Gasteiger partial charge in [-0.05, 0) is 36.6 Å². The number of carbonyl (C=O) groups excluding carboxylic acids is 1. The van der Waals surface area contributed by atoms with Gasteiger partial charge in [-0.15, -0.1) is 0 Å². The third kappa shape index (κ3) is 2.62. The van der Waals surface area contributed by atoms with Crippen molar-refractivity contribution >= 4 is 17.3 Å². The average Bonchev–Trinajstić information content (AvgIpc) is 2.96. The maximum absolute atomic E-state index is 13.7. The Labute approximate surface area is 153 Å². The van der Waals surface area contributed by atoms with E-state index < -0.39 is 5.41 Å². The number of hydrogen-bond acceptors (Lipinski definition) is 2. The quantitative estimate of drug-likeness (QED) is 0.684. The summed E-state index contributed by atoms with van der Waals surface area (Å²) >= 11 is 0. The molecular weight excluding hydrogens is 320 g/mol. The van der Waals surface area contributed by atoms with Crippen LogP contribution in [0.5, 0.6) is 0 Å². The lowest BCUT2D eigenvalue weighted by molar-refractivity contribution is -0.121. The first-order valence-corrected chi connectivity index (χ1v) is 8.76. The second-order valence-corrected chi connectivity index (χ2v) is 6.57. The Morgan fingerprint density at radius 1 is 0.808 bits per heavy atom. The van der Waals surface area contributed by atoms with Crippen LogP contribution in [0.2, 0.25) is 0 Å². The minimum atomic E-state index is -0.779. The van der Waals surface area contributed by atoms with Gasteiger partial charge in [-0.2, -0.15) is 10.1 Å². The Morgan fingerprint density at radius 3 is 1.96 bits per heavy atom. The van der Waals surface area contributed by atoms with Crippen LogP contribution in [0.1, 0.15) is 18.1 Å². The standard InChI is InChI=1S/C23H20N2O/c1-18-23(20-13-7-3-8-14-20,17-19-11-5-2-6-12-19)22(26)25(24-18)21-15-9-4-10-16-21/h2-16H,17H2,1H3. The van der Waals surface area contributed by atoms with Gasteiger partial charge in [0.1, 0.15) is 5.41 Å². The lowest BCUT2D eigenvalue weighted by Crippen LogP contribution is -2.45. The molecule has 0 aliphatic carbocycles. The summed E-state index contributed by atoms with van der Waals surface area (Å²) in [7, 11) is 0. The van der Waals surface area contributed by atoms with E-state index in [0.29, 0.717) is 6.42 Å². The van der Waals surface area contributed by atoms with Crippen molar-refractivity contribution in [1.82, 2.24) is 0 Å². The monoisotopic (exact) mass is 340 g/mol. The molecule has 0 radical (unpaired) electrons. The summed E-state index contributed by atoms with van der Waals surface area (Å²) in [4.78, 5) is 13.7. The SMILES string of the molecule is CC1=NN(c2ccccc2)C(=O)C1(Cc1ccccc1)c1ccccc1. The van der Waals surface area contributed by atoms with Gasteiger partial charge < -0.3 is 0 Å². The maximum atomic E-state index is 13.7. The second-order valence-electron chi connectivity index (χ2n) is 6.57. The number of anilines is 1. The highest BCUT2D eigenvalue weighted by Crippen LogP contribution is 2.38. The number of rotatable bonds is 4. The first-order chi connectivity index (χ1) is 12.7. The Morgan fingerprint density at radius 2 is 1.35 bits per heavy atom. The highest BCUT2D eigenvalue weighted by Gasteiger charge is 2.50. The Bertz CT molecular complexity index is 936. The predicted octanol–water partition coefficient (Wildman–Crippen LogP) is 4.59. The molecule has 1 unspecified atom stereocenters. The van der Waals surface area contributed by atoms with Gasteiger partial charge in [0, 0.05) is 0 Å². The van der Waals surface area contributed by atoms with Crippen molar-refractivity contribution in [2.24, 2.45) is 5.10 Å². The van der Waals surface area contributed by atoms with E-state index in [9.17, 15) is 4.79 Å². The smallest absolute Gasteiger partial charge is 0.264 e. The zero-order chi connectivity index (χ0) is 18.0. The van der Waals surface area contributed by atoms with Crippen LogP contribution in [0.3, 0.4) is 0 Å². The molecule has 3 aromatic carbocycles. The summed E-state index contributed by atoms with van der Waals surface area (Å²) in [5, 5.41) is 6.21. The summed E-state index contributed by atoms with van der Waals surface area (Å²) in [5.74, 6) is -0.00347. The number of hydrazone groups is 1. The zero-order valence-electron chi connectivity index (χ0n) is 14.7. The van der Waals surface area contributed by atoms with Crippen LogP contribution < -0.4 is 5.01 Å². The van der Waals surface area contributed by atoms with Gasteiger partial charge in [0.15, 0.2) is 0 Å². The molecule has 0 saturated carbocycles. The molecule has 1 aliphatic heterocycles. The van der Waals surface area contributed by atoms with Crippen LogP contribution in [0, 0.1) is 0 Å². The fourth-order valence-electron chi connectivity index (χ4n) is 3.62. The van der Waals surface area contributed by atoms with Gasteiger partial charge in [-0.3, -0.25) is 4.79 Å². The van der Waals surface area contributed by atoms with Crippen molar-refractivity contribution in [2.45, 2.75) is 18.8 Å². The first-order valence-electron chi connectivity index (χ1n) is 8.76. The molecule has 1 atom stereocenters. The van der Waals surface area contributed by atoms with Crippen molar-refractivity contribution in [3.05, 3.63) is 102 Å². The van der Waals surface area contributed by atoms with Crippen LogP contribution in [0.15, 0.2) is 96.1 Å². The van der Waals surface area contributed by atoms with Gasteiger partial charge in [-0.1, -0.05) is 78.9 Å². The van der Waals surface area contributed by atoms with Crippen molar-refractivity contribution in [2.75, 3.05) is 5.01 Å². The third-order valence-corrected chi connectivity index (χ3v) is 5.00. The summed E-state index contributed by atoms with van der Waals surface area (Å²) in [6.07, 6.45) is 0.593. The molecule has 1 amide bonds. The first kappa shape index (κ1) is 16.3. The Kier molecular flexibility index (Phi) is 4.13. The van der Waals surface area contributed by atoms with E-state index in [1.54, 1.807) is 5.01 Å². The molecule has 0 aromatic heterocycles. The molecule has 0 N–H and O–H groups in total. The maximum Gasteiger partial charge on any atom is 0.264 e. The van der Waals surface area contributed by atoms with Crippen molar-refractivity contribution in [3.63, 3.8) is 0 Å². The predicted molar refractivity (Wildman–Crippen MR) is 105 cm³/mol. The van der Waals surface area contributed by atoms with E-state index in [1.165, 1.54) is 0 Å². The molecule has 0 bridgehead atoms. The fraction of sp³-hybridized carbons (Fsp3) is 0.130. The highest BCUT2D eigenvalue weighted by molar-refractivity contribution is 6.23. The summed E-state index contributed by atoms with van der Waals surface area (Å²) < 4.78 is 0.